The maximum absolute atomic E-state index is 5.50. The summed E-state index contributed by atoms with van der Waals surface area (Å²) in [5, 5.41) is 14.4. The summed E-state index contributed by atoms with van der Waals surface area (Å²) in [6.45, 7) is 6.36. The molecule has 0 fully saturated rings. The Bertz CT molecular complexity index is 330. The first-order valence-corrected chi connectivity index (χ1v) is 7.04. The molecule has 1 atom stereocenters. The third kappa shape index (κ3) is 7.12. The van der Waals surface area contributed by atoms with Crippen molar-refractivity contribution < 1.29 is 9.15 Å². The van der Waals surface area contributed by atoms with Gasteiger partial charge in [-0.3, -0.25) is 0 Å². The van der Waals surface area contributed by atoms with E-state index in [1.165, 1.54) is 19.3 Å². The van der Waals surface area contributed by atoms with Gasteiger partial charge in [-0.25, -0.2) is 0 Å². The van der Waals surface area contributed by atoms with Crippen molar-refractivity contribution in [3.63, 3.8) is 0 Å². The van der Waals surface area contributed by atoms with Crippen molar-refractivity contribution in [3.05, 3.63) is 5.89 Å². The molecule has 0 aliphatic carbocycles. The average molecular weight is 270 g/mol. The van der Waals surface area contributed by atoms with E-state index in [0.29, 0.717) is 31.1 Å². The van der Waals surface area contributed by atoms with Gasteiger partial charge in [-0.2, -0.15) is 0 Å². The van der Waals surface area contributed by atoms with E-state index in [9.17, 15) is 0 Å². The highest BCUT2D eigenvalue weighted by Crippen LogP contribution is 2.10. The number of aromatic nitrogens is 2. The Morgan fingerprint density at radius 3 is 2.89 bits per heavy atom. The van der Waals surface area contributed by atoms with Crippen LogP contribution in [0, 0.1) is 0 Å². The SMILES string of the molecule is CCCCCC(C)Nc1nnc(CNCCOC)o1. The highest BCUT2D eigenvalue weighted by Gasteiger charge is 2.08. The van der Waals surface area contributed by atoms with Gasteiger partial charge in [0.1, 0.15) is 0 Å². The lowest BCUT2D eigenvalue weighted by Crippen LogP contribution is -2.18. The van der Waals surface area contributed by atoms with E-state index < -0.39 is 0 Å². The van der Waals surface area contributed by atoms with E-state index in [0.717, 1.165) is 13.0 Å². The largest absolute Gasteiger partial charge is 0.407 e. The Balaban J connectivity index is 2.21. The maximum Gasteiger partial charge on any atom is 0.315 e. The number of hydrogen-bond acceptors (Lipinski definition) is 6. The number of nitrogens with one attached hydrogen (secondary N) is 2. The summed E-state index contributed by atoms with van der Waals surface area (Å²) in [4.78, 5) is 0. The molecule has 1 aromatic heterocycles. The van der Waals surface area contributed by atoms with Gasteiger partial charge in [0, 0.05) is 19.7 Å². The fourth-order valence-electron chi connectivity index (χ4n) is 1.74. The molecule has 0 aliphatic heterocycles. The van der Waals surface area contributed by atoms with E-state index in [-0.39, 0.29) is 0 Å². The van der Waals surface area contributed by atoms with Crippen LogP contribution in [0.3, 0.4) is 0 Å². The highest BCUT2D eigenvalue weighted by molar-refractivity contribution is 5.18. The topological polar surface area (TPSA) is 72.2 Å². The smallest absolute Gasteiger partial charge is 0.315 e. The van der Waals surface area contributed by atoms with Gasteiger partial charge in [0.05, 0.1) is 13.2 Å². The van der Waals surface area contributed by atoms with Crippen LogP contribution >= 0.6 is 0 Å². The Morgan fingerprint density at radius 2 is 2.16 bits per heavy atom. The molecule has 0 radical (unpaired) electrons. The summed E-state index contributed by atoms with van der Waals surface area (Å²) < 4.78 is 10.4. The van der Waals surface area contributed by atoms with Gasteiger partial charge >= 0.3 is 6.01 Å². The first-order valence-electron chi connectivity index (χ1n) is 7.04. The van der Waals surface area contributed by atoms with E-state index in [4.69, 9.17) is 9.15 Å². The lowest BCUT2D eigenvalue weighted by atomic mass is 10.1. The number of unbranched alkanes of at least 4 members (excludes halogenated alkanes) is 2. The van der Waals surface area contributed by atoms with Crippen LogP contribution in [-0.2, 0) is 11.3 Å². The Kier molecular flexibility index (Phi) is 8.16. The molecular weight excluding hydrogens is 244 g/mol. The molecule has 2 N–H and O–H groups in total. The molecular formula is C13H26N4O2. The van der Waals surface area contributed by atoms with Crippen LogP contribution in [0.2, 0.25) is 0 Å². The van der Waals surface area contributed by atoms with Crippen molar-refractivity contribution in [1.29, 1.82) is 0 Å². The zero-order valence-corrected chi connectivity index (χ0v) is 12.2. The minimum atomic E-state index is 0.362. The zero-order valence-electron chi connectivity index (χ0n) is 12.2. The Labute approximate surface area is 115 Å². The van der Waals surface area contributed by atoms with Gasteiger partial charge in [-0.1, -0.05) is 31.3 Å². The van der Waals surface area contributed by atoms with Crippen LogP contribution in [0.15, 0.2) is 4.42 Å². The van der Waals surface area contributed by atoms with Crippen molar-refractivity contribution in [2.24, 2.45) is 0 Å². The summed E-state index contributed by atoms with van der Waals surface area (Å²) in [6.07, 6.45) is 4.86. The van der Waals surface area contributed by atoms with Crippen molar-refractivity contribution >= 4 is 6.01 Å². The molecule has 0 saturated carbocycles. The van der Waals surface area contributed by atoms with Crippen LogP contribution in [0.5, 0.6) is 0 Å². The molecule has 0 aromatic carbocycles. The lowest BCUT2D eigenvalue weighted by molar-refractivity contribution is 0.198. The number of rotatable bonds is 11. The molecule has 0 saturated heterocycles. The number of nitrogens with zero attached hydrogens (tertiary/aromatic N) is 2. The van der Waals surface area contributed by atoms with Gasteiger partial charge in [0.2, 0.25) is 5.89 Å². The van der Waals surface area contributed by atoms with Crippen LogP contribution in [0.4, 0.5) is 6.01 Å². The molecule has 1 heterocycles. The number of ether oxygens (including phenoxy) is 1. The van der Waals surface area contributed by atoms with Crippen LogP contribution in [0.1, 0.15) is 45.4 Å². The standard InChI is InChI=1S/C13H26N4O2/c1-4-5-6-7-11(2)15-13-17-16-12(19-13)10-14-8-9-18-3/h11,14H,4-10H2,1-3H3,(H,15,17). The monoisotopic (exact) mass is 270 g/mol. The summed E-state index contributed by atoms with van der Waals surface area (Å²) in [6, 6.07) is 0.869. The van der Waals surface area contributed by atoms with E-state index in [2.05, 4.69) is 34.7 Å². The van der Waals surface area contributed by atoms with Gasteiger partial charge in [0.25, 0.3) is 0 Å². The van der Waals surface area contributed by atoms with Gasteiger partial charge in [-0.05, 0) is 13.3 Å². The third-order valence-electron chi connectivity index (χ3n) is 2.84. The lowest BCUT2D eigenvalue weighted by Gasteiger charge is -2.10. The van der Waals surface area contributed by atoms with Crippen molar-refractivity contribution in [2.45, 2.75) is 52.1 Å². The van der Waals surface area contributed by atoms with E-state index in [1.807, 2.05) is 0 Å². The van der Waals surface area contributed by atoms with Gasteiger partial charge in [0.15, 0.2) is 0 Å². The molecule has 6 nitrogen and oxygen atoms in total. The molecule has 19 heavy (non-hydrogen) atoms. The molecule has 0 aliphatic rings. The van der Waals surface area contributed by atoms with Crippen LogP contribution in [-0.4, -0.2) is 36.5 Å². The van der Waals surface area contributed by atoms with E-state index >= 15 is 0 Å². The van der Waals surface area contributed by atoms with Crippen LogP contribution in [0.25, 0.3) is 0 Å². The Morgan fingerprint density at radius 1 is 1.32 bits per heavy atom. The molecule has 1 aromatic rings. The Hall–Kier alpha value is -1.14. The fraction of sp³-hybridized carbons (Fsp3) is 0.846. The van der Waals surface area contributed by atoms with Crippen LogP contribution < -0.4 is 10.6 Å². The third-order valence-corrected chi connectivity index (χ3v) is 2.84. The minimum absolute atomic E-state index is 0.362. The first kappa shape index (κ1) is 15.9. The summed E-state index contributed by atoms with van der Waals surface area (Å²) >= 11 is 0. The fourth-order valence-corrected chi connectivity index (χ4v) is 1.74. The summed E-state index contributed by atoms with van der Waals surface area (Å²) in [7, 11) is 1.68. The molecule has 0 bridgehead atoms. The molecule has 1 rings (SSSR count). The molecule has 6 heteroatoms. The van der Waals surface area contributed by atoms with E-state index in [1.54, 1.807) is 7.11 Å². The molecule has 0 amide bonds. The van der Waals surface area contributed by atoms with Crippen molar-refractivity contribution in [1.82, 2.24) is 15.5 Å². The number of methoxy groups -OCH3 is 1. The summed E-state index contributed by atoms with van der Waals surface area (Å²) in [5.74, 6) is 0.597. The highest BCUT2D eigenvalue weighted by atomic mass is 16.5. The predicted molar refractivity (Wildman–Crippen MR) is 75.1 cm³/mol. The second-order valence-electron chi connectivity index (χ2n) is 4.71. The van der Waals surface area contributed by atoms with Crippen molar-refractivity contribution in [3.8, 4) is 0 Å². The summed E-state index contributed by atoms with van der Waals surface area (Å²) in [5.41, 5.74) is 0. The van der Waals surface area contributed by atoms with Gasteiger partial charge in [-0.15, -0.1) is 5.10 Å². The quantitative estimate of drug-likeness (QED) is 0.601. The average Bonchev–Trinajstić information content (AvgIpc) is 2.82. The molecule has 0 spiro atoms. The second kappa shape index (κ2) is 9.75. The second-order valence-corrected chi connectivity index (χ2v) is 4.71. The van der Waals surface area contributed by atoms with Gasteiger partial charge < -0.3 is 19.8 Å². The predicted octanol–water partition coefficient (Wildman–Crippen LogP) is 2.19. The normalized spacial score (nSPS) is 12.6. The zero-order chi connectivity index (χ0) is 13.9. The number of hydrogen-bond donors (Lipinski definition) is 2. The molecule has 1 unspecified atom stereocenters. The molecule has 110 valence electrons. The number of anilines is 1. The minimum Gasteiger partial charge on any atom is -0.407 e. The van der Waals surface area contributed by atoms with Crippen molar-refractivity contribution in [2.75, 3.05) is 25.6 Å². The maximum atomic E-state index is 5.50. The first-order chi connectivity index (χ1) is 9.26.